The van der Waals surface area contributed by atoms with Crippen molar-refractivity contribution in [2.45, 2.75) is 20.1 Å². The summed E-state index contributed by atoms with van der Waals surface area (Å²) in [6.07, 6.45) is 3.23. The largest absolute Gasteiger partial charge is 0.464 e. The summed E-state index contributed by atoms with van der Waals surface area (Å²) in [5.74, 6) is 2.38. The first-order chi connectivity index (χ1) is 8.19. The Kier molecular flexibility index (Phi) is 3.39. The molecule has 0 atom stereocenters. The number of aliphatic hydroxyl groups is 1. The molecular formula is C12H15N3O2. The lowest BCUT2D eigenvalue weighted by Crippen LogP contribution is -2.18. The Hall–Kier alpha value is -1.88. The third kappa shape index (κ3) is 2.82. The van der Waals surface area contributed by atoms with Gasteiger partial charge < -0.3 is 14.4 Å². The number of rotatable bonds is 4. The van der Waals surface area contributed by atoms with Crippen LogP contribution in [0.1, 0.15) is 17.1 Å². The van der Waals surface area contributed by atoms with Gasteiger partial charge in [-0.3, -0.25) is 0 Å². The molecule has 0 aliphatic rings. The molecule has 90 valence electrons. The maximum atomic E-state index is 8.90. The van der Waals surface area contributed by atoms with E-state index >= 15 is 0 Å². The van der Waals surface area contributed by atoms with E-state index in [2.05, 4.69) is 9.97 Å². The fourth-order valence-corrected chi connectivity index (χ4v) is 1.50. The molecule has 0 radical (unpaired) electrons. The van der Waals surface area contributed by atoms with E-state index in [0.29, 0.717) is 18.1 Å². The van der Waals surface area contributed by atoms with Crippen molar-refractivity contribution in [1.82, 2.24) is 9.97 Å². The molecule has 0 aliphatic heterocycles. The van der Waals surface area contributed by atoms with Crippen molar-refractivity contribution in [1.29, 1.82) is 0 Å². The normalized spacial score (nSPS) is 10.5. The van der Waals surface area contributed by atoms with Gasteiger partial charge in [0.05, 0.1) is 13.2 Å². The quantitative estimate of drug-likeness (QED) is 0.867. The van der Waals surface area contributed by atoms with Crippen LogP contribution >= 0.6 is 0 Å². The van der Waals surface area contributed by atoms with Gasteiger partial charge in [0.25, 0.3) is 0 Å². The van der Waals surface area contributed by atoms with Crippen LogP contribution in [-0.4, -0.2) is 22.1 Å². The molecule has 1 N–H and O–H groups in total. The minimum atomic E-state index is -0.0403. The number of nitrogens with zero attached hydrogens (tertiary/aromatic N) is 3. The molecule has 2 rings (SSSR count). The minimum Gasteiger partial charge on any atom is -0.464 e. The summed E-state index contributed by atoms with van der Waals surface area (Å²) < 4.78 is 5.48. The highest BCUT2D eigenvalue weighted by atomic mass is 16.3. The van der Waals surface area contributed by atoms with Crippen LogP contribution in [0.4, 0.5) is 5.95 Å². The van der Waals surface area contributed by atoms with Gasteiger partial charge in [-0.1, -0.05) is 0 Å². The number of anilines is 1. The molecule has 17 heavy (non-hydrogen) atoms. The Balaban J connectivity index is 2.06. The maximum Gasteiger partial charge on any atom is 0.225 e. The van der Waals surface area contributed by atoms with E-state index in [-0.39, 0.29) is 6.61 Å². The van der Waals surface area contributed by atoms with Gasteiger partial charge >= 0.3 is 0 Å². The van der Waals surface area contributed by atoms with Crippen molar-refractivity contribution < 1.29 is 9.52 Å². The SMILES string of the molecule is Cc1ccc(CN(C)c2ncc(CO)cn2)o1. The summed E-state index contributed by atoms with van der Waals surface area (Å²) in [4.78, 5) is 10.2. The van der Waals surface area contributed by atoms with Crippen LogP contribution in [0.3, 0.4) is 0 Å². The number of hydrogen-bond donors (Lipinski definition) is 1. The Labute approximate surface area is 99.7 Å². The van der Waals surface area contributed by atoms with Gasteiger partial charge in [-0.15, -0.1) is 0 Å². The molecule has 0 spiro atoms. The Bertz CT molecular complexity index is 479. The number of aromatic nitrogens is 2. The molecule has 0 saturated carbocycles. The monoisotopic (exact) mass is 233 g/mol. The Morgan fingerprint density at radius 1 is 1.29 bits per heavy atom. The summed E-state index contributed by atoms with van der Waals surface area (Å²) in [7, 11) is 1.89. The molecule has 0 saturated heterocycles. The van der Waals surface area contributed by atoms with Gasteiger partial charge in [0.2, 0.25) is 5.95 Å². The van der Waals surface area contributed by atoms with Crippen LogP contribution in [0, 0.1) is 6.92 Å². The molecule has 0 fully saturated rings. The van der Waals surface area contributed by atoms with Gasteiger partial charge in [0.1, 0.15) is 11.5 Å². The first-order valence-corrected chi connectivity index (χ1v) is 5.37. The first-order valence-electron chi connectivity index (χ1n) is 5.37. The van der Waals surface area contributed by atoms with Crippen LogP contribution in [0.2, 0.25) is 0 Å². The topological polar surface area (TPSA) is 62.4 Å². The number of furan rings is 1. The smallest absolute Gasteiger partial charge is 0.225 e. The average Bonchev–Trinajstić information content (AvgIpc) is 2.75. The zero-order valence-electron chi connectivity index (χ0n) is 9.92. The molecule has 2 aromatic rings. The van der Waals surface area contributed by atoms with Crippen LogP contribution in [0.15, 0.2) is 28.9 Å². The van der Waals surface area contributed by atoms with E-state index in [1.54, 1.807) is 12.4 Å². The molecule has 2 aromatic heterocycles. The second kappa shape index (κ2) is 4.97. The molecule has 0 aromatic carbocycles. The highest BCUT2D eigenvalue weighted by Gasteiger charge is 2.07. The molecule has 0 unspecified atom stereocenters. The lowest BCUT2D eigenvalue weighted by Gasteiger charge is -2.15. The standard InChI is InChI=1S/C12H15N3O2/c1-9-3-4-11(17-9)7-15(2)12-13-5-10(8-16)6-14-12/h3-6,16H,7-8H2,1-2H3. The van der Waals surface area contributed by atoms with Crippen molar-refractivity contribution in [2.24, 2.45) is 0 Å². The van der Waals surface area contributed by atoms with Crippen molar-refractivity contribution in [2.75, 3.05) is 11.9 Å². The van der Waals surface area contributed by atoms with E-state index in [1.807, 2.05) is 31.0 Å². The second-order valence-corrected chi connectivity index (χ2v) is 3.92. The molecule has 2 heterocycles. The highest BCUT2D eigenvalue weighted by Crippen LogP contribution is 2.12. The third-order valence-electron chi connectivity index (χ3n) is 2.40. The van der Waals surface area contributed by atoms with E-state index in [1.165, 1.54) is 0 Å². The van der Waals surface area contributed by atoms with Gasteiger partial charge in [0.15, 0.2) is 0 Å². The summed E-state index contributed by atoms with van der Waals surface area (Å²) in [5.41, 5.74) is 0.705. The predicted molar refractivity (Wildman–Crippen MR) is 63.5 cm³/mol. The maximum absolute atomic E-state index is 8.90. The summed E-state index contributed by atoms with van der Waals surface area (Å²) in [5, 5.41) is 8.90. The molecular weight excluding hydrogens is 218 g/mol. The number of aryl methyl sites for hydroxylation is 1. The number of hydrogen-bond acceptors (Lipinski definition) is 5. The summed E-state index contributed by atoms with van der Waals surface area (Å²) in [6, 6.07) is 3.87. The van der Waals surface area contributed by atoms with Gasteiger partial charge in [0, 0.05) is 25.0 Å². The zero-order chi connectivity index (χ0) is 12.3. The van der Waals surface area contributed by atoms with Crippen LogP contribution in [-0.2, 0) is 13.2 Å². The first kappa shape index (κ1) is 11.6. The van der Waals surface area contributed by atoms with Crippen molar-refractivity contribution in [3.05, 3.63) is 41.6 Å². The van der Waals surface area contributed by atoms with E-state index < -0.39 is 0 Å². The fourth-order valence-electron chi connectivity index (χ4n) is 1.50. The lowest BCUT2D eigenvalue weighted by molar-refractivity contribution is 0.281. The minimum absolute atomic E-state index is 0.0403. The molecule has 5 heteroatoms. The van der Waals surface area contributed by atoms with Crippen molar-refractivity contribution in [3.8, 4) is 0 Å². The lowest BCUT2D eigenvalue weighted by atomic mass is 10.4. The van der Waals surface area contributed by atoms with Gasteiger partial charge in [-0.25, -0.2) is 9.97 Å². The van der Waals surface area contributed by atoms with Crippen molar-refractivity contribution >= 4 is 5.95 Å². The van der Waals surface area contributed by atoms with Crippen LogP contribution in [0.25, 0.3) is 0 Å². The van der Waals surface area contributed by atoms with Crippen LogP contribution in [0.5, 0.6) is 0 Å². The number of aliphatic hydroxyl groups excluding tert-OH is 1. The average molecular weight is 233 g/mol. The van der Waals surface area contributed by atoms with Gasteiger partial charge in [-0.05, 0) is 19.1 Å². The second-order valence-electron chi connectivity index (χ2n) is 3.92. The summed E-state index contributed by atoms with van der Waals surface area (Å²) >= 11 is 0. The summed E-state index contributed by atoms with van der Waals surface area (Å²) in [6.45, 7) is 2.49. The fraction of sp³-hybridized carbons (Fsp3) is 0.333. The van der Waals surface area contributed by atoms with Crippen LogP contribution < -0.4 is 4.90 Å². The third-order valence-corrected chi connectivity index (χ3v) is 2.40. The highest BCUT2D eigenvalue weighted by molar-refractivity contribution is 5.29. The van der Waals surface area contributed by atoms with Crippen molar-refractivity contribution in [3.63, 3.8) is 0 Å². The van der Waals surface area contributed by atoms with E-state index in [9.17, 15) is 0 Å². The predicted octanol–water partition coefficient (Wildman–Crippen LogP) is 1.51. The van der Waals surface area contributed by atoms with E-state index in [4.69, 9.17) is 9.52 Å². The zero-order valence-corrected chi connectivity index (χ0v) is 9.92. The molecule has 0 amide bonds. The molecule has 5 nitrogen and oxygen atoms in total. The molecule has 0 bridgehead atoms. The molecule has 0 aliphatic carbocycles. The Morgan fingerprint density at radius 2 is 2.00 bits per heavy atom. The van der Waals surface area contributed by atoms with E-state index in [0.717, 1.165) is 11.5 Å². The van der Waals surface area contributed by atoms with Gasteiger partial charge in [-0.2, -0.15) is 0 Å². The Morgan fingerprint density at radius 3 is 2.53 bits per heavy atom.